The van der Waals surface area contributed by atoms with E-state index in [1.807, 2.05) is 37.3 Å². The topological polar surface area (TPSA) is 29.1 Å². The highest BCUT2D eigenvalue weighted by Crippen LogP contribution is 2.24. The zero-order valence-corrected chi connectivity index (χ0v) is 12.9. The molecule has 1 atom stereocenters. The van der Waals surface area contributed by atoms with Gasteiger partial charge in [0.15, 0.2) is 0 Å². The van der Waals surface area contributed by atoms with Crippen LogP contribution in [0.5, 0.6) is 0 Å². The molecule has 0 aliphatic rings. The standard InChI is InChI=1S/C16H14Cl2FNO/c1-10(11-5-3-2-4-6-11)9-20-16(21)12-7-15(19)14(18)8-13(12)17/h2-8,10H,9H2,1H3,(H,20,21)/t10-/m0/s1. The van der Waals surface area contributed by atoms with Gasteiger partial charge in [0, 0.05) is 6.54 Å². The number of benzene rings is 2. The van der Waals surface area contributed by atoms with Gasteiger partial charge >= 0.3 is 0 Å². The van der Waals surface area contributed by atoms with Gasteiger partial charge in [0.25, 0.3) is 5.91 Å². The smallest absolute Gasteiger partial charge is 0.252 e. The first kappa shape index (κ1) is 15.8. The van der Waals surface area contributed by atoms with Crippen LogP contribution in [0.4, 0.5) is 4.39 Å². The van der Waals surface area contributed by atoms with E-state index in [4.69, 9.17) is 23.2 Å². The molecule has 2 aromatic carbocycles. The highest BCUT2D eigenvalue weighted by Gasteiger charge is 2.15. The average molecular weight is 326 g/mol. The number of carbonyl (C=O) groups is 1. The van der Waals surface area contributed by atoms with Gasteiger partial charge in [-0.15, -0.1) is 0 Å². The Kier molecular flexibility index (Phi) is 5.21. The molecule has 0 aliphatic heterocycles. The van der Waals surface area contributed by atoms with E-state index in [0.29, 0.717) is 6.54 Å². The Balaban J connectivity index is 2.04. The van der Waals surface area contributed by atoms with Gasteiger partial charge in [-0.3, -0.25) is 4.79 Å². The summed E-state index contributed by atoms with van der Waals surface area (Å²) < 4.78 is 13.4. The molecule has 110 valence electrons. The van der Waals surface area contributed by atoms with Crippen LogP contribution in [0.25, 0.3) is 0 Å². The van der Waals surface area contributed by atoms with Crippen molar-refractivity contribution in [2.45, 2.75) is 12.8 Å². The summed E-state index contributed by atoms with van der Waals surface area (Å²) in [7, 11) is 0. The quantitative estimate of drug-likeness (QED) is 0.813. The summed E-state index contributed by atoms with van der Waals surface area (Å²) in [6.45, 7) is 2.43. The number of amides is 1. The molecule has 1 amide bonds. The molecule has 0 spiro atoms. The molecule has 0 unspecified atom stereocenters. The summed E-state index contributed by atoms with van der Waals surface area (Å²) in [4.78, 5) is 12.1. The number of halogens is 3. The van der Waals surface area contributed by atoms with Crippen molar-refractivity contribution in [3.63, 3.8) is 0 Å². The van der Waals surface area contributed by atoms with Crippen LogP contribution in [0.15, 0.2) is 42.5 Å². The first-order chi connectivity index (χ1) is 9.99. The maximum absolute atomic E-state index is 13.4. The third-order valence-electron chi connectivity index (χ3n) is 3.19. The van der Waals surface area contributed by atoms with Gasteiger partial charge in [0.05, 0.1) is 15.6 Å². The minimum atomic E-state index is -0.665. The van der Waals surface area contributed by atoms with Crippen molar-refractivity contribution >= 4 is 29.1 Å². The Hall–Kier alpha value is -1.58. The van der Waals surface area contributed by atoms with Crippen molar-refractivity contribution < 1.29 is 9.18 Å². The van der Waals surface area contributed by atoms with E-state index in [1.54, 1.807) is 0 Å². The van der Waals surface area contributed by atoms with E-state index >= 15 is 0 Å². The highest BCUT2D eigenvalue weighted by atomic mass is 35.5. The number of hydrogen-bond donors (Lipinski definition) is 1. The fourth-order valence-corrected chi connectivity index (χ4v) is 2.41. The van der Waals surface area contributed by atoms with Crippen molar-refractivity contribution in [2.24, 2.45) is 0 Å². The molecule has 1 N–H and O–H groups in total. The highest BCUT2D eigenvalue weighted by molar-refractivity contribution is 6.36. The van der Waals surface area contributed by atoms with Gasteiger partial charge in [-0.05, 0) is 23.6 Å². The average Bonchev–Trinajstić information content (AvgIpc) is 2.49. The third-order valence-corrected chi connectivity index (χ3v) is 3.79. The first-order valence-electron chi connectivity index (χ1n) is 6.46. The minimum Gasteiger partial charge on any atom is -0.351 e. The summed E-state index contributed by atoms with van der Waals surface area (Å²) in [5, 5.41) is 2.78. The van der Waals surface area contributed by atoms with Crippen molar-refractivity contribution in [1.82, 2.24) is 5.32 Å². The molecule has 2 rings (SSSR count). The van der Waals surface area contributed by atoms with Crippen molar-refractivity contribution in [1.29, 1.82) is 0 Å². The second kappa shape index (κ2) is 6.92. The lowest BCUT2D eigenvalue weighted by atomic mass is 10.0. The number of carbonyl (C=O) groups excluding carboxylic acids is 1. The Bertz CT molecular complexity index is 646. The Morgan fingerprint density at radius 3 is 2.52 bits per heavy atom. The molecule has 5 heteroatoms. The normalized spacial score (nSPS) is 12.0. The predicted molar refractivity (Wildman–Crippen MR) is 83.6 cm³/mol. The van der Waals surface area contributed by atoms with Crippen LogP contribution in [0, 0.1) is 5.82 Å². The molecular weight excluding hydrogens is 312 g/mol. The lowest BCUT2D eigenvalue weighted by Gasteiger charge is -2.13. The van der Waals surface area contributed by atoms with Gasteiger partial charge in [0.2, 0.25) is 0 Å². The van der Waals surface area contributed by atoms with E-state index in [-0.39, 0.29) is 21.5 Å². The molecule has 0 aliphatic carbocycles. The number of hydrogen-bond acceptors (Lipinski definition) is 1. The Labute approximate surface area is 132 Å². The molecule has 0 saturated heterocycles. The van der Waals surface area contributed by atoms with Crippen LogP contribution in [-0.2, 0) is 0 Å². The number of nitrogens with one attached hydrogen (secondary N) is 1. The largest absolute Gasteiger partial charge is 0.351 e. The van der Waals surface area contributed by atoms with E-state index in [1.165, 1.54) is 6.07 Å². The fourth-order valence-electron chi connectivity index (χ4n) is 1.94. The summed E-state index contributed by atoms with van der Waals surface area (Å²) >= 11 is 11.5. The van der Waals surface area contributed by atoms with Crippen molar-refractivity contribution in [3.8, 4) is 0 Å². The van der Waals surface area contributed by atoms with Gasteiger partial charge in [-0.1, -0.05) is 60.5 Å². The molecular formula is C16H14Cl2FNO. The second-order valence-electron chi connectivity index (χ2n) is 4.77. The predicted octanol–water partition coefficient (Wildman–Crippen LogP) is 4.67. The van der Waals surface area contributed by atoms with E-state index in [9.17, 15) is 9.18 Å². The lowest BCUT2D eigenvalue weighted by molar-refractivity contribution is 0.0951. The SMILES string of the molecule is C[C@@H](CNC(=O)c1cc(F)c(Cl)cc1Cl)c1ccccc1. The second-order valence-corrected chi connectivity index (χ2v) is 5.58. The molecule has 0 radical (unpaired) electrons. The molecule has 2 aromatic rings. The zero-order chi connectivity index (χ0) is 15.4. The lowest BCUT2D eigenvalue weighted by Crippen LogP contribution is -2.27. The van der Waals surface area contributed by atoms with Crippen LogP contribution >= 0.6 is 23.2 Å². The van der Waals surface area contributed by atoms with E-state index in [2.05, 4.69) is 5.32 Å². The summed E-state index contributed by atoms with van der Waals surface area (Å²) in [5.41, 5.74) is 1.20. The molecule has 2 nitrogen and oxygen atoms in total. The van der Waals surface area contributed by atoms with Crippen LogP contribution in [0.2, 0.25) is 10.0 Å². The van der Waals surface area contributed by atoms with Crippen LogP contribution < -0.4 is 5.32 Å². The summed E-state index contributed by atoms with van der Waals surface area (Å²) in [6, 6.07) is 12.1. The Morgan fingerprint density at radius 1 is 1.19 bits per heavy atom. The van der Waals surface area contributed by atoms with Crippen LogP contribution in [-0.4, -0.2) is 12.5 Å². The first-order valence-corrected chi connectivity index (χ1v) is 7.22. The summed E-state index contributed by atoms with van der Waals surface area (Å²) in [5.74, 6) is -0.938. The van der Waals surface area contributed by atoms with E-state index in [0.717, 1.165) is 11.6 Å². The summed E-state index contributed by atoms with van der Waals surface area (Å²) in [6.07, 6.45) is 0. The monoisotopic (exact) mass is 325 g/mol. The maximum Gasteiger partial charge on any atom is 0.252 e. The maximum atomic E-state index is 13.4. The van der Waals surface area contributed by atoms with E-state index < -0.39 is 11.7 Å². The van der Waals surface area contributed by atoms with Gasteiger partial charge in [-0.2, -0.15) is 0 Å². The van der Waals surface area contributed by atoms with Gasteiger partial charge < -0.3 is 5.32 Å². The zero-order valence-electron chi connectivity index (χ0n) is 11.4. The van der Waals surface area contributed by atoms with Crippen LogP contribution in [0.3, 0.4) is 0 Å². The molecule has 0 aromatic heterocycles. The minimum absolute atomic E-state index is 0.0822. The molecule has 0 heterocycles. The Morgan fingerprint density at radius 2 is 1.86 bits per heavy atom. The molecule has 0 saturated carbocycles. The number of rotatable bonds is 4. The molecule has 0 fully saturated rings. The van der Waals surface area contributed by atoms with Crippen molar-refractivity contribution in [2.75, 3.05) is 6.54 Å². The van der Waals surface area contributed by atoms with Gasteiger partial charge in [0.1, 0.15) is 5.82 Å². The van der Waals surface area contributed by atoms with Crippen molar-refractivity contribution in [3.05, 3.63) is 69.5 Å². The fraction of sp³-hybridized carbons (Fsp3) is 0.188. The molecule has 0 bridgehead atoms. The van der Waals surface area contributed by atoms with Crippen LogP contribution in [0.1, 0.15) is 28.8 Å². The van der Waals surface area contributed by atoms with Gasteiger partial charge in [-0.25, -0.2) is 4.39 Å². The molecule has 21 heavy (non-hydrogen) atoms. The third kappa shape index (κ3) is 3.96.